The number of fused-ring (bicyclic) bond motifs is 1. The monoisotopic (exact) mass is 133 g/mol. The number of aryl methyl sites for hydroxylation is 1. The van der Waals surface area contributed by atoms with Crippen LogP contribution >= 0.6 is 0 Å². The summed E-state index contributed by atoms with van der Waals surface area (Å²) in [5.74, 6) is 0. The maximum atomic E-state index is 4.12. The minimum atomic E-state index is 0.949. The Bertz CT molecular complexity index is 350. The lowest BCUT2D eigenvalue weighted by Gasteiger charge is -1.89. The van der Waals surface area contributed by atoms with Crippen molar-refractivity contribution in [2.45, 2.75) is 0 Å². The van der Waals surface area contributed by atoms with Crippen molar-refractivity contribution in [3.63, 3.8) is 0 Å². The Morgan fingerprint density at radius 2 is 2.40 bits per heavy atom. The molecule has 3 heteroatoms. The Morgan fingerprint density at radius 3 is 3.20 bits per heavy atom. The average Bonchev–Trinajstić information content (AvgIpc) is 2.34. The van der Waals surface area contributed by atoms with Crippen LogP contribution in [0, 0.1) is 0 Å². The van der Waals surface area contributed by atoms with Crippen LogP contribution in [0.25, 0.3) is 11.0 Å². The molecule has 50 valence electrons. The van der Waals surface area contributed by atoms with Crippen molar-refractivity contribution in [2.24, 2.45) is 7.05 Å². The fourth-order valence-corrected chi connectivity index (χ4v) is 0.988. The van der Waals surface area contributed by atoms with Crippen molar-refractivity contribution in [3.05, 3.63) is 24.8 Å². The van der Waals surface area contributed by atoms with Crippen molar-refractivity contribution >= 4 is 11.0 Å². The van der Waals surface area contributed by atoms with Gasteiger partial charge in [-0.25, -0.2) is 4.98 Å². The number of imidazole rings is 1. The maximum Gasteiger partial charge on any atom is 0.107 e. The molecule has 0 aliphatic carbocycles. The zero-order chi connectivity index (χ0) is 6.97. The largest absolute Gasteiger partial charge is 0.334 e. The van der Waals surface area contributed by atoms with E-state index >= 15 is 0 Å². The smallest absolute Gasteiger partial charge is 0.107 e. The van der Waals surface area contributed by atoms with Crippen LogP contribution < -0.4 is 0 Å². The maximum absolute atomic E-state index is 4.12. The summed E-state index contributed by atoms with van der Waals surface area (Å²) in [7, 11) is 1.97. The molecule has 0 aromatic carbocycles. The molecule has 0 aliphatic heterocycles. The molecule has 0 amide bonds. The second-order valence-corrected chi connectivity index (χ2v) is 2.22. The van der Waals surface area contributed by atoms with Gasteiger partial charge in [-0.1, -0.05) is 0 Å². The molecule has 2 rings (SSSR count). The molecule has 0 saturated carbocycles. The van der Waals surface area contributed by atoms with Crippen molar-refractivity contribution in [1.82, 2.24) is 14.5 Å². The number of pyridine rings is 1. The summed E-state index contributed by atoms with van der Waals surface area (Å²) in [5, 5.41) is 0. The Balaban J connectivity index is 2.93. The minimum absolute atomic E-state index is 0.949. The van der Waals surface area contributed by atoms with Crippen molar-refractivity contribution in [1.29, 1.82) is 0 Å². The van der Waals surface area contributed by atoms with E-state index in [4.69, 9.17) is 0 Å². The molecule has 0 atom stereocenters. The van der Waals surface area contributed by atoms with Gasteiger partial charge < -0.3 is 4.57 Å². The van der Waals surface area contributed by atoms with Crippen LogP contribution in [-0.4, -0.2) is 14.5 Å². The summed E-state index contributed by atoms with van der Waals surface area (Å²) in [5.41, 5.74) is 2.07. The summed E-state index contributed by atoms with van der Waals surface area (Å²) in [6.45, 7) is 0. The first-order valence-electron chi connectivity index (χ1n) is 3.09. The van der Waals surface area contributed by atoms with Gasteiger partial charge in [0.25, 0.3) is 0 Å². The summed E-state index contributed by atoms with van der Waals surface area (Å²) < 4.78 is 1.97. The van der Waals surface area contributed by atoms with E-state index in [-0.39, 0.29) is 0 Å². The molecule has 0 N–H and O–H groups in total. The van der Waals surface area contributed by atoms with Gasteiger partial charge in [0, 0.05) is 13.2 Å². The van der Waals surface area contributed by atoms with Gasteiger partial charge in [-0.3, -0.25) is 4.98 Å². The Labute approximate surface area is 58.3 Å². The third-order valence-electron chi connectivity index (χ3n) is 1.53. The predicted octanol–water partition coefficient (Wildman–Crippen LogP) is 0.968. The Kier molecular flexibility index (Phi) is 0.974. The molecule has 0 radical (unpaired) electrons. The highest BCUT2D eigenvalue weighted by atomic mass is 15.0. The molecule has 0 bridgehead atoms. The molecule has 0 fully saturated rings. The van der Waals surface area contributed by atoms with Crippen molar-refractivity contribution < 1.29 is 0 Å². The number of nitrogens with zero attached hydrogens (tertiary/aromatic N) is 3. The molecule has 0 unspecified atom stereocenters. The molecule has 2 heterocycles. The Morgan fingerprint density at radius 1 is 1.50 bits per heavy atom. The lowest BCUT2D eigenvalue weighted by Crippen LogP contribution is -1.82. The van der Waals surface area contributed by atoms with Crippen molar-refractivity contribution in [3.8, 4) is 0 Å². The molecule has 0 saturated heterocycles. The highest BCUT2D eigenvalue weighted by molar-refractivity contribution is 5.73. The fourth-order valence-electron chi connectivity index (χ4n) is 0.988. The van der Waals surface area contributed by atoms with Gasteiger partial charge in [-0.05, 0) is 6.07 Å². The van der Waals surface area contributed by atoms with Gasteiger partial charge in [0.05, 0.1) is 18.0 Å². The van der Waals surface area contributed by atoms with E-state index < -0.39 is 0 Å². The van der Waals surface area contributed by atoms with E-state index in [2.05, 4.69) is 9.97 Å². The molecule has 0 spiro atoms. The van der Waals surface area contributed by atoms with Crippen LogP contribution in [0.2, 0.25) is 0 Å². The van der Waals surface area contributed by atoms with Crippen LogP contribution in [-0.2, 0) is 7.05 Å². The van der Waals surface area contributed by atoms with Crippen molar-refractivity contribution in [2.75, 3.05) is 0 Å². The first-order chi connectivity index (χ1) is 4.88. The third kappa shape index (κ3) is 0.603. The molecule has 10 heavy (non-hydrogen) atoms. The van der Waals surface area contributed by atoms with Gasteiger partial charge in [-0.15, -0.1) is 0 Å². The lowest BCUT2D eigenvalue weighted by atomic mass is 10.4. The average molecular weight is 133 g/mol. The van der Waals surface area contributed by atoms with Gasteiger partial charge in [-0.2, -0.15) is 0 Å². The standard InChI is InChI=1S/C7H7N3/c1-10-5-9-6-4-8-3-2-7(6)10/h2-5H,1H3. The molecule has 3 nitrogen and oxygen atoms in total. The number of hydrogen-bond donors (Lipinski definition) is 0. The Hall–Kier alpha value is -1.38. The van der Waals surface area contributed by atoms with E-state index in [1.165, 1.54) is 0 Å². The zero-order valence-electron chi connectivity index (χ0n) is 5.65. The molecule has 2 aromatic rings. The molecule has 0 aliphatic rings. The van der Waals surface area contributed by atoms with Crippen LogP contribution in [0.5, 0.6) is 0 Å². The summed E-state index contributed by atoms with van der Waals surface area (Å²) in [4.78, 5) is 8.07. The number of hydrogen-bond acceptors (Lipinski definition) is 2. The van der Waals surface area contributed by atoms with Crippen LogP contribution in [0.4, 0.5) is 0 Å². The van der Waals surface area contributed by atoms with E-state index in [1.54, 1.807) is 18.7 Å². The first-order valence-corrected chi connectivity index (χ1v) is 3.09. The quantitative estimate of drug-likeness (QED) is 0.536. The van der Waals surface area contributed by atoms with Gasteiger partial charge in [0.15, 0.2) is 0 Å². The first kappa shape index (κ1) is 5.41. The van der Waals surface area contributed by atoms with E-state index in [1.807, 2.05) is 17.7 Å². The van der Waals surface area contributed by atoms with Gasteiger partial charge in [0.2, 0.25) is 0 Å². The summed E-state index contributed by atoms with van der Waals surface area (Å²) in [6.07, 6.45) is 5.31. The van der Waals surface area contributed by atoms with E-state index in [0.717, 1.165) is 11.0 Å². The summed E-state index contributed by atoms with van der Waals surface area (Å²) >= 11 is 0. The minimum Gasteiger partial charge on any atom is -0.334 e. The van der Waals surface area contributed by atoms with Crippen LogP contribution in [0.15, 0.2) is 24.8 Å². The number of rotatable bonds is 0. The lowest BCUT2D eigenvalue weighted by molar-refractivity contribution is 0.947. The normalized spacial score (nSPS) is 10.5. The second-order valence-electron chi connectivity index (χ2n) is 2.22. The van der Waals surface area contributed by atoms with Crippen LogP contribution in [0.1, 0.15) is 0 Å². The number of aromatic nitrogens is 3. The second kappa shape index (κ2) is 1.80. The zero-order valence-corrected chi connectivity index (χ0v) is 5.65. The van der Waals surface area contributed by atoms with Crippen LogP contribution in [0.3, 0.4) is 0 Å². The van der Waals surface area contributed by atoms with E-state index in [0.29, 0.717) is 0 Å². The van der Waals surface area contributed by atoms with E-state index in [9.17, 15) is 0 Å². The third-order valence-corrected chi connectivity index (χ3v) is 1.53. The predicted molar refractivity (Wildman–Crippen MR) is 38.5 cm³/mol. The van der Waals surface area contributed by atoms with Gasteiger partial charge in [0.1, 0.15) is 5.52 Å². The SMILES string of the molecule is Cn1cnc2cnccc21. The molecular formula is C7H7N3. The molecule has 2 aromatic heterocycles. The highest BCUT2D eigenvalue weighted by Crippen LogP contribution is 2.06. The molecular weight excluding hydrogens is 126 g/mol. The van der Waals surface area contributed by atoms with Gasteiger partial charge >= 0.3 is 0 Å². The highest BCUT2D eigenvalue weighted by Gasteiger charge is 1.94. The summed E-state index contributed by atoms with van der Waals surface area (Å²) in [6, 6.07) is 1.95. The topological polar surface area (TPSA) is 30.7 Å². The fraction of sp³-hybridized carbons (Fsp3) is 0.143.